The van der Waals surface area contributed by atoms with Gasteiger partial charge in [-0.1, -0.05) is 6.92 Å². The quantitative estimate of drug-likeness (QED) is 0.695. The fourth-order valence-corrected chi connectivity index (χ4v) is 5.61. The van der Waals surface area contributed by atoms with Crippen LogP contribution in [0.1, 0.15) is 32.6 Å². The SMILES string of the molecule is CC1CCN(S(=O)(=O)c2ccc3c(c2)N(CC(=O)NCC2CCCO2)C(=O)CO3)CC1. The highest BCUT2D eigenvalue weighted by Gasteiger charge is 2.32. The molecule has 0 aliphatic carbocycles. The van der Waals surface area contributed by atoms with Crippen molar-refractivity contribution in [3.05, 3.63) is 18.2 Å². The molecule has 31 heavy (non-hydrogen) atoms. The van der Waals surface area contributed by atoms with Crippen LogP contribution in [0.15, 0.2) is 23.1 Å². The number of anilines is 1. The van der Waals surface area contributed by atoms with E-state index in [9.17, 15) is 18.0 Å². The standard InChI is InChI=1S/C21H29N3O6S/c1-15-6-8-23(9-7-15)31(27,28)17-4-5-19-18(11-17)24(21(26)14-30-19)13-20(25)22-12-16-3-2-10-29-16/h4-5,11,15-16H,2-3,6-10,12-14H2,1H3,(H,22,25). The third-order valence-electron chi connectivity index (χ3n) is 6.11. The summed E-state index contributed by atoms with van der Waals surface area (Å²) in [5.74, 6) is 0.179. The van der Waals surface area contributed by atoms with Crippen molar-refractivity contribution in [2.24, 2.45) is 5.92 Å². The second-order valence-electron chi connectivity index (χ2n) is 8.42. The van der Waals surface area contributed by atoms with Crippen LogP contribution in [0.3, 0.4) is 0 Å². The van der Waals surface area contributed by atoms with E-state index in [0.717, 1.165) is 25.7 Å². The van der Waals surface area contributed by atoms with Gasteiger partial charge in [-0.25, -0.2) is 8.42 Å². The van der Waals surface area contributed by atoms with Gasteiger partial charge in [0.25, 0.3) is 5.91 Å². The maximum absolute atomic E-state index is 13.1. The number of benzene rings is 1. The zero-order valence-electron chi connectivity index (χ0n) is 17.7. The maximum atomic E-state index is 13.1. The second-order valence-corrected chi connectivity index (χ2v) is 10.4. The Bertz CT molecular complexity index is 936. The van der Waals surface area contributed by atoms with Crippen molar-refractivity contribution in [3.63, 3.8) is 0 Å². The highest BCUT2D eigenvalue weighted by molar-refractivity contribution is 7.89. The molecule has 1 unspecified atom stereocenters. The van der Waals surface area contributed by atoms with Crippen molar-refractivity contribution >= 4 is 27.5 Å². The molecular formula is C21H29N3O6S. The molecule has 3 heterocycles. The van der Waals surface area contributed by atoms with Crippen LogP contribution in [0.2, 0.25) is 0 Å². The van der Waals surface area contributed by atoms with Gasteiger partial charge in [0.1, 0.15) is 12.3 Å². The number of sulfonamides is 1. The van der Waals surface area contributed by atoms with Crippen LogP contribution in [0, 0.1) is 5.92 Å². The van der Waals surface area contributed by atoms with E-state index in [1.165, 1.54) is 21.3 Å². The molecule has 170 valence electrons. The van der Waals surface area contributed by atoms with Gasteiger partial charge in [-0.05, 0) is 49.8 Å². The molecule has 0 saturated carbocycles. The molecule has 3 aliphatic heterocycles. The Morgan fingerprint density at radius 3 is 2.71 bits per heavy atom. The average molecular weight is 452 g/mol. The van der Waals surface area contributed by atoms with Gasteiger partial charge >= 0.3 is 0 Å². The monoisotopic (exact) mass is 451 g/mol. The Labute approximate surface area is 182 Å². The fraction of sp³-hybridized carbons (Fsp3) is 0.619. The van der Waals surface area contributed by atoms with Gasteiger partial charge in [-0.2, -0.15) is 4.31 Å². The first-order valence-corrected chi connectivity index (χ1v) is 12.2. The third kappa shape index (κ3) is 4.86. The number of rotatable bonds is 6. The summed E-state index contributed by atoms with van der Waals surface area (Å²) in [6.07, 6.45) is 3.52. The van der Waals surface area contributed by atoms with Crippen LogP contribution in [-0.4, -0.2) is 70.0 Å². The van der Waals surface area contributed by atoms with Crippen molar-refractivity contribution in [1.29, 1.82) is 0 Å². The Kier molecular flexibility index (Phi) is 6.49. The number of carbonyl (C=O) groups excluding carboxylic acids is 2. The molecule has 3 aliphatic rings. The van der Waals surface area contributed by atoms with Crippen molar-refractivity contribution in [1.82, 2.24) is 9.62 Å². The topological polar surface area (TPSA) is 105 Å². The normalized spacial score (nSPS) is 22.8. The average Bonchev–Trinajstić information content (AvgIpc) is 3.28. The van der Waals surface area contributed by atoms with Crippen LogP contribution in [0.5, 0.6) is 5.75 Å². The Hall–Kier alpha value is -2.17. The van der Waals surface area contributed by atoms with Crippen LogP contribution in [-0.2, 0) is 24.3 Å². The van der Waals surface area contributed by atoms with E-state index >= 15 is 0 Å². The molecule has 1 atom stereocenters. The lowest BCUT2D eigenvalue weighted by molar-refractivity contribution is -0.125. The lowest BCUT2D eigenvalue weighted by atomic mass is 10.0. The van der Waals surface area contributed by atoms with Gasteiger partial charge in [0.2, 0.25) is 15.9 Å². The highest BCUT2D eigenvalue weighted by Crippen LogP contribution is 2.35. The lowest BCUT2D eigenvalue weighted by Crippen LogP contribution is -2.46. The minimum Gasteiger partial charge on any atom is -0.482 e. The first-order valence-electron chi connectivity index (χ1n) is 10.8. The minimum atomic E-state index is -3.69. The van der Waals surface area contributed by atoms with Crippen LogP contribution >= 0.6 is 0 Å². The molecule has 10 heteroatoms. The largest absolute Gasteiger partial charge is 0.482 e. The molecule has 9 nitrogen and oxygen atoms in total. The molecule has 0 spiro atoms. The first-order chi connectivity index (χ1) is 14.8. The molecule has 1 N–H and O–H groups in total. The minimum absolute atomic E-state index is 0.000587. The summed E-state index contributed by atoms with van der Waals surface area (Å²) in [6, 6.07) is 4.49. The van der Waals surface area contributed by atoms with E-state index in [2.05, 4.69) is 12.2 Å². The molecule has 1 aromatic rings. The van der Waals surface area contributed by atoms with Gasteiger partial charge < -0.3 is 14.8 Å². The van der Waals surface area contributed by atoms with E-state index in [0.29, 0.717) is 43.6 Å². The Morgan fingerprint density at radius 1 is 1.23 bits per heavy atom. The molecule has 4 rings (SSSR count). The smallest absolute Gasteiger partial charge is 0.265 e. The predicted molar refractivity (Wildman–Crippen MR) is 113 cm³/mol. The zero-order valence-corrected chi connectivity index (χ0v) is 18.5. The molecule has 1 aromatic carbocycles. The van der Waals surface area contributed by atoms with Crippen molar-refractivity contribution in [3.8, 4) is 5.75 Å². The van der Waals surface area contributed by atoms with Gasteiger partial charge in [0, 0.05) is 26.2 Å². The number of hydrogen-bond acceptors (Lipinski definition) is 6. The van der Waals surface area contributed by atoms with E-state index < -0.39 is 10.0 Å². The molecule has 0 bridgehead atoms. The Balaban J connectivity index is 1.51. The number of ether oxygens (including phenoxy) is 2. The fourth-order valence-electron chi connectivity index (χ4n) is 4.12. The van der Waals surface area contributed by atoms with Crippen LogP contribution in [0.4, 0.5) is 5.69 Å². The molecular weight excluding hydrogens is 422 g/mol. The number of nitrogens with zero attached hydrogens (tertiary/aromatic N) is 2. The summed E-state index contributed by atoms with van der Waals surface area (Å²) in [5, 5.41) is 2.80. The summed E-state index contributed by atoms with van der Waals surface area (Å²) >= 11 is 0. The Morgan fingerprint density at radius 2 is 2.00 bits per heavy atom. The number of fused-ring (bicyclic) bond motifs is 1. The molecule has 0 radical (unpaired) electrons. The summed E-state index contributed by atoms with van der Waals surface area (Å²) in [5.41, 5.74) is 0.301. The number of amides is 2. The molecule has 2 saturated heterocycles. The predicted octanol–water partition coefficient (Wildman–Crippen LogP) is 1.13. The van der Waals surface area contributed by atoms with Crippen molar-refractivity contribution < 1.29 is 27.5 Å². The van der Waals surface area contributed by atoms with Crippen LogP contribution < -0.4 is 15.0 Å². The molecule has 2 fully saturated rings. The summed E-state index contributed by atoms with van der Waals surface area (Å²) < 4.78 is 38.7. The number of carbonyl (C=O) groups is 2. The second kappa shape index (κ2) is 9.13. The number of hydrogen-bond donors (Lipinski definition) is 1. The van der Waals surface area contributed by atoms with Crippen molar-refractivity contribution in [2.45, 2.75) is 43.6 Å². The summed E-state index contributed by atoms with van der Waals surface area (Å²) in [7, 11) is -3.69. The third-order valence-corrected chi connectivity index (χ3v) is 8.00. The van der Waals surface area contributed by atoms with Gasteiger partial charge in [0.05, 0.1) is 16.7 Å². The first kappa shape index (κ1) is 22.0. The van der Waals surface area contributed by atoms with Gasteiger partial charge in [-0.15, -0.1) is 0 Å². The van der Waals surface area contributed by atoms with Crippen molar-refractivity contribution in [2.75, 3.05) is 44.3 Å². The maximum Gasteiger partial charge on any atom is 0.265 e. The molecule has 0 aromatic heterocycles. The van der Waals surface area contributed by atoms with E-state index in [4.69, 9.17) is 9.47 Å². The van der Waals surface area contributed by atoms with E-state index in [1.807, 2.05) is 0 Å². The van der Waals surface area contributed by atoms with E-state index in [-0.39, 0.29) is 36.0 Å². The number of piperidine rings is 1. The van der Waals surface area contributed by atoms with Gasteiger partial charge in [0.15, 0.2) is 6.61 Å². The van der Waals surface area contributed by atoms with E-state index in [1.54, 1.807) is 6.07 Å². The number of nitrogens with one attached hydrogen (secondary N) is 1. The van der Waals surface area contributed by atoms with Gasteiger partial charge in [-0.3, -0.25) is 14.5 Å². The summed E-state index contributed by atoms with van der Waals surface area (Å²) in [6.45, 7) is 3.77. The zero-order chi connectivity index (χ0) is 22.0. The lowest BCUT2D eigenvalue weighted by Gasteiger charge is -2.31. The highest BCUT2D eigenvalue weighted by atomic mass is 32.2. The summed E-state index contributed by atoms with van der Waals surface area (Å²) in [4.78, 5) is 26.3. The molecule has 2 amide bonds. The van der Waals surface area contributed by atoms with Crippen LogP contribution in [0.25, 0.3) is 0 Å².